The molecule has 2 heterocycles. The van der Waals surface area contributed by atoms with Crippen molar-refractivity contribution in [2.24, 2.45) is 0 Å². The number of ether oxygens (including phenoxy) is 10. The minimum absolute atomic E-state index is 0.0329. The van der Waals surface area contributed by atoms with Gasteiger partial charge < -0.3 is 47.4 Å². The molecule has 0 N–H and O–H groups in total. The van der Waals surface area contributed by atoms with E-state index in [2.05, 4.69) is 6.07 Å². The van der Waals surface area contributed by atoms with Gasteiger partial charge in [-0.15, -0.1) is 0 Å². The van der Waals surface area contributed by atoms with E-state index in [9.17, 15) is 19.6 Å². The molecule has 14 heteroatoms. The lowest BCUT2D eigenvalue weighted by atomic mass is 9.97. The molecule has 0 saturated carbocycles. The van der Waals surface area contributed by atoms with Gasteiger partial charge in [0, 0.05) is 13.5 Å². The van der Waals surface area contributed by atoms with Crippen LogP contribution in [0.2, 0.25) is 0 Å². The van der Waals surface area contributed by atoms with Crippen LogP contribution in [0, 0.1) is 11.3 Å². The highest BCUT2D eigenvalue weighted by atomic mass is 16.8. The smallest absolute Gasteiger partial charge is 0.338 e. The minimum Gasteiger partial charge on any atom is -0.463 e. The van der Waals surface area contributed by atoms with Crippen molar-refractivity contribution in [2.45, 2.75) is 88.0 Å². The van der Waals surface area contributed by atoms with Gasteiger partial charge in [0.15, 0.2) is 18.7 Å². The van der Waals surface area contributed by atoms with Crippen LogP contribution in [0.5, 0.6) is 0 Å². The summed E-state index contributed by atoms with van der Waals surface area (Å²) in [5, 5.41) is 9.67. The van der Waals surface area contributed by atoms with Crippen LogP contribution in [-0.4, -0.2) is 93.5 Å². The van der Waals surface area contributed by atoms with Crippen molar-refractivity contribution in [1.29, 1.82) is 5.26 Å². The zero-order chi connectivity index (χ0) is 49.2. The Hall–Kier alpha value is -7.06. The van der Waals surface area contributed by atoms with Gasteiger partial charge in [0.05, 0.1) is 61.7 Å². The molecule has 0 amide bonds. The summed E-state index contributed by atoms with van der Waals surface area (Å²) in [7, 11) is 1.51. The topological polar surface area (TPSA) is 167 Å². The van der Waals surface area contributed by atoms with E-state index in [0.29, 0.717) is 11.1 Å². The van der Waals surface area contributed by atoms with Crippen LogP contribution in [0.1, 0.15) is 55.0 Å². The van der Waals surface area contributed by atoms with Gasteiger partial charge in [0.2, 0.25) is 0 Å². The maximum absolute atomic E-state index is 14.1. The third-order valence-corrected chi connectivity index (χ3v) is 12.0. The van der Waals surface area contributed by atoms with Gasteiger partial charge in [-0.25, -0.2) is 9.59 Å². The molecule has 2 aliphatic heterocycles. The van der Waals surface area contributed by atoms with Crippen molar-refractivity contribution in [3.8, 4) is 6.07 Å². The summed E-state index contributed by atoms with van der Waals surface area (Å²) in [6, 6.07) is 54.5. The number of benzene rings is 6. The van der Waals surface area contributed by atoms with E-state index in [1.54, 1.807) is 84.9 Å². The molecular formula is C57H55NO13. The number of hydrogen-bond acceptors (Lipinski definition) is 14. The Morgan fingerprint density at radius 2 is 1.08 bits per heavy atom. The molecule has 6 aromatic carbocycles. The number of esters is 3. The monoisotopic (exact) mass is 961 g/mol. The van der Waals surface area contributed by atoms with Crippen molar-refractivity contribution < 1.29 is 61.8 Å². The minimum atomic E-state index is -1.52. The molecule has 2 saturated heterocycles. The van der Waals surface area contributed by atoms with E-state index in [1.165, 1.54) is 7.11 Å². The fraction of sp³-hybridized carbons (Fsp3) is 0.298. The first-order chi connectivity index (χ1) is 34.8. The number of nitrogens with zero attached hydrogens (tertiary/aromatic N) is 1. The third-order valence-electron chi connectivity index (χ3n) is 12.0. The van der Waals surface area contributed by atoms with Crippen LogP contribution >= 0.6 is 0 Å². The number of carbonyl (C=O) groups is 3. The number of carbonyl (C=O) groups excluding carboxylic acids is 3. The molecule has 0 aromatic heterocycles. The standard InChI is InChI=1S/C57H55NO13/c1-62-56-53(66-36-41-23-11-4-12-24-41)52(65-35-40-21-9-3-10-22-40)50(48(69-56)38-63-34-39-19-7-2-8-20-39)71-57-51(70-55(61)43-27-15-6-16-28-43)47(68-54(60)42-25-13-5-14-26-42)32-46(67-57)37-64-49(59)31-44-29-17-18-30-45(44)33-58/h2-30,46-48,50-53,56-57H,31-32,34-38H2,1H3/t46-,47-,48+,50+,51+,52-,53+,56-,57-/m0/s1. The van der Waals surface area contributed by atoms with Gasteiger partial charge >= 0.3 is 17.9 Å². The third kappa shape index (κ3) is 14.1. The summed E-state index contributed by atoms with van der Waals surface area (Å²) in [6.45, 7) is 0.153. The number of hydrogen-bond donors (Lipinski definition) is 0. The number of methoxy groups -OCH3 is 1. The molecule has 9 atom stereocenters. The van der Waals surface area contributed by atoms with E-state index in [-0.39, 0.29) is 57.0 Å². The second-order valence-corrected chi connectivity index (χ2v) is 16.9. The first-order valence-corrected chi connectivity index (χ1v) is 23.4. The van der Waals surface area contributed by atoms with Crippen LogP contribution in [0.25, 0.3) is 0 Å². The highest BCUT2D eigenvalue weighted by molar-refractivity contribution is 5.90. The summed E-state index contributed by atoms with van der Waals surface area (Å²) >= 11 is 0. The number of rotatable bonds is 21. The predicted octanol–water partition coefficient (Wildman–Crippen LogP) is 8.35. The molecule has 6 aromatic rings. The van der Waals surface area contributed by atoms with Crippen LogP contribution in [0.3, 0.4) is 0 Å². The van der Waals surface area contributed by atoms with Crippen molar-refractivity contribution in [1.82, 2.24) is 0 Å². The molecule has 0 unspecified atom stereocenters. The maximum atomic E-state index is 14.1. The summed E-state index contributed by atoms with van der Waals surface area (Å²) in [5.41, 5.74) is 3.97. The SMILES string of the molecule is CO[C@H]1O[C@H](COCc2ccccc2)[C@@H](O[C@@H]2O[C@H](COC(=O)Cc3ccccc3C#N)C[C@H](OC(=O)c3ccccc3)[C@H]2OC(=O)c2ccccc2)[C@H](OCc2ccccc2)[C@H]1OCc1ccccc1. The lowest BCUT2D eigenvalue weighted by molar-refractivity contribution is -0.358. The highest BCUT2D eigenvalue weighted by Gasteiger charge is 2.53. The zero-order valence-electron chi connectivity index (χ0n) is 39.1. The quantitative estimate of drug-likeness (QED) is 0.0499. The van der Waals surface area contributed by atoms with E-state index < -0.39 is 73.2 Å². The molecular weight excluding hydrogens is 907 g/mol. The molecule has 366 valence electrons. The molecule has 2 aliphatic rings. The molecule has 71 heavy (non-hydrogen) atoms. The van der Waals surface area contributed by atoms with Gasteiger partial charge in [0.1, 0.15) is 37.1 Å². The fourth-order valence-corrected chi connectivity index (χ4v) is 8.36. The molecule has 0 bridgehead atoms. The summed E-state index contributed by atoms with van der Waals surface area (Å²) in [4.78, 5) is 41.5. The Bertz CT molecular complexity index is 2640. The van der Waals surface area contributed by atoms with E-state index in [0.717, 1.165) is 16.7 Å². The number of nitriles is 1. The average Bonchev–Trinajstić information content (AvgIpc) is 3.42. The fourth-order valence-electron chi connectivity index (χ4n) is 8.36. The van der Waals surface area contributed by atoms with Crippen molar-refractivity contribution in [3.63, 3.8) is 0 Å². The van der Waals surface area contributed by atoms with Crippen LogP contribution < -0.4 is 0 Å². The first-order valence-electron chi connectivity index (χ1n) is 23.4. The van der Waals surface area contributed by atoms with Gasteiger partial charge in [-0.05, 0) is 52.6 Å². The Morgan fingerprint density at radius 1 is 0.563 bits per heavy atom. The van der Waals surface area contributed by atoms with Gasteiger partial charge in [-0.3, -0.25) is 4.79 Å². The molecule has 0 spiro atoms. The Labute approximate surface area is 412 Å². The van der Waals surface area contributed by atoms with Crippen molar-refractivity contribution in [2.75, 3.05) is 20.3 Å². The molecule has 8 rings (SSSR count). The second kappa shape index (κ2) is 25.7. The Kier molecular flexibility index (Phi) is 18.2. The zero-order valence-corrected chi connectivity index (χ0v) is 39.1. The van der Waals surface area contributed by atoms with Gasteiger partial charge in [-0.2, -0.15) is 5.26 Å². The maximum Gasteiger partial charge on any atom is 0.338 e. The molecule has 2 fully saturated rings. The second-order valence-electron chi connectivity index (χ2n) is 16.9. The largest absolute Gasteiger partial charge is 0.463 e. The summed E-state index contributed by atoms with van der Waals surface area (Å²) in [6.07, 6.45) is -10.3. The lowest BCUT2D eigenvalue weighted by Gasteiger charge is -2.48. The first kappa shape index (κ1) is 50.3. The van der Waals surface area contributed by atoms with Gasteiger partial charge in [-0.1, -0.05) is 146 Å². The Morgan fingerprint density at radius 3 is 1.66 bits per heavy atom. The van der Waals surface area contributed by atoms with E-state index >= 15 is 0 Å². The van der Waals surface area contributed by atoms with Crippen molar-refractivity contribution >= 4 is 17.9 Å². The summed E-state index contributed by atoms with van der Waals surface area (Å²) < 4.78 is 64.8. The van der Waals surface area contributed by atoms with Crippen LogP contribution in [0.15, 0.2) is 176 Å². The lowest BCUT2D eigenvalue weighted by Crippen LogP contribution is -2.64. The van der Waals surface area contributed by atoms with E-state index in [1.807, 2.05) is 91.0 Å². The van der Waals surface area contributed by atoms with Crippen LogP contribution in [-0.2, 0) is 78.4 Å². The average molecular weight is 962 g/mol. The highest BCUT2D eigenvalue weighted by Crippen LogP contribution is 2.36. The molecule has 0 radical (unpaired) electrons. The molecule has 0 aliphatic carbocycles. The molecule has 14 nitrogen and oxygen atoms in total. The van der Waals surface area contributed by atoms with Crippen molar-refractivity contribution in [3.05, 3.63) is 215 Å². The normalized spacial score (nSPS) is 22.9. The Balaban J connectivity index is 1.16. The predicted molar refractivity (Wildman–Crippen MR) is 257 cm³/mol. The van der Waals surface area contributed by atoms with Gasteiger partial charge in [0.25, 0.3) is 0 Å². The van der Waals surface area contributed by atoms with E-state index in [4.69, 9.17) is 47.4 Å². The van der Waals surface area contributed by atoms with Crippen LogP contribution in [0.4, 0.5) is 0 Å². The summed E-state index contributed by atoms with van der Waals surface area (Å²) in [5.74, 6) is -2.06.